The molecule has 2 heterocycles. The SMILES string of the molecule is CCSc1nc2ccc(-c3cn(C(c4ccccc4)(c4ccccc4)c4ccccc4)nc3-c3ccc(F)cc3)cc2n1-c1ccc(F)cc1. The van der Waals surface area contributed by atoms with Crippen LogP contribution in [-0.2, 0) is 5.54 Å². The topological polar surface area (TPSA) is 35.6 Å². The van der Waals surface area contributed by atoms with E-state index in [0.29, 0.717) is 5.69 Å². The highest BCUT2D eigenvalue weighted by Crippen LogP contribution is 2.44. The van der Waals surface area contributed by atoms with Crippen molar-refractivity contribution in [2.75, 3.05) is 5.75 Å². The van der Waals surface area contributed by atoms with Crippen LogP contribution < -0.4 is 0 Å². The Bertz CT molecular complexity index is 2290. The number of fused-ring (bicyclic) bond motifs is 1. The lowest BCUT2D eigenvalue weighted by Gasteiger charge is -2.36. The molecule has 0 aliphatic carbocycles. The predicted octanol–water partition coefficient (Wildman–Crippen LogP) is 10.8. The third-order valence-corrected chi connectivity index (χ3v) is 9.86. The molecule has 6 aromatic carbocycles. The van der Waals surface area contributed by atoms with Gasteiger partial charge in [-0.2, -0.15) is 5.10 Å². The largest absolute Gasteiger partial charge is 0.287 e. The van der Waals surface area contributed by atoms with Crippen molar-refractivity contribution in [3.63, 3.8) is 0 Å². The lowest BCUT2D eigenvalue weighted by Crippen LogP contribution is -2.38. The van der Waals surface area contributed by atoms with Gasteiger partial charge >= 0.3 is 0 Å². The van der Waals surface area contributed by atoms with Crippen LogP contribution in [0.1, 0.15) is 23.6 Å². The van der Waals surface area contributed by atoms with E-state index in [0.717, 1.165) is 61.0 Å². The summed E-state index contributed by atoms with van der Waals surface area (Å²) in [5, 5.41) is 6.25. The summed E-state index contributed by atoms with van der Waals surface area (Å²) < 4.78 is 32.4. The zero-order valence-corrected chi connectivity index (χ0v) is 28.1. The highest BCUT2D eigenvalue weighted by Gasteiger charge is 2.40. The Morgan fingerprint density at radius 2 is 1.14 bits per heavy atom. The van der Waals surface area contributed by atoms with Crippen LogP contribution >= 0.6 is 11.8 Å². The number of benzene rings is 6. The molecule has 0 saturated heterocycles. The molecule has 0 atom stereocenters. The van der Waals surface area contributed by atoms with Crippen molar-refractivity contribution >= 4 is 22.8 Å². The maximum Gasteiger partial charge on any atom is 0.173 e. The maximum absolute atomic E-state index is 14.3. The Kier molecular flexibility index (Phi) is 8.34. The van der Waals surface area contributed by atoms with Crippen molar-refractivity contribution in [2.24, 2.45) is 0 Å². The Morgan fingerprint density at radius 1 is 0.620 bits per heavy atom. The first kappa shape index (κ1) is 31.5. The third kappa shape index (κ3) is 5.50. The van der Waals surface area contributed by atoms with Crippen LogP contribution in [-0.4, -0.2) is 25.1 Å². The number of hydrogen-bond acceptors (Lipinski definition) is 3. The number of imidazole rings is 1. The van der Waals surface area contributed by atoms with E-state index in [1.807, 2.05) is 24.3 Å². The molecule has 0 saturated carbocycles. The van der Waals surface area contributed by atoms with Gasteiger partial charge in [0.05, 0.1) is 11.0 Å². The highest BCUT2D eigenvalue weighted by molar-refractivity contribution is 7.99. The molecule has 0 bridgehead atoms. The minimum Gasteiger partial charge on any atom is -0.287 e. The fourth-order valence-corrected chi connectivity index (χ4v) is 7.55. The average molecular weight is 675 g/mol. The summed E-state index contributed by atoms with van der Waals surface area (Å²) in [4.78, 5) is 4.96. The Balaban J connectivity index is 1.43. The molecular formula is C43H32F2N4S. The number of nitrogens with zero attached hydrogens (tertiary/aromatic N) is 4. The first-order valence-electron chi connectivity index (χ1n) is 16.5. The highest BCUT2D eigenvalue weighted by atomic mass is 32.2. The molecule has 0 aliphatic heterocycles. The van der Waals surface area contributed by atoms with Crippen LogP contribution in [0.2, 0.25) is 0 Å². The van der Waals surface area contributed by atoms with Gasteiger partial charge in [-0.1, -0.05) is 116 Å². The molecule has 0 spiro atoms. The number of thioether (sulfide) groups is 1. The number of rotatable bonds is 9. The molecule has 0 amide bonds. The molecular weight excluding hydrogens is 643 g/mol. The van der Waals surface area contributed by atoms with E-state index < -0.39 is 5.54 Å². The minimum absolute atomic E-state index is 0.293. The lowest BCUT2D eigenvalue weighted by atomic mass is 9.77. The average Bonchev–Trinajstić information content (AvgIpc) is 3.76. The van der Waals surface area contributed by atoms with Crippen LogP contribution in [0, 0.1) is 11.6 Å². The van der Waals surface area contributed by atoms with E-state index in [4.69, 9.17) is 10.1 Å². The summed E-state index contributed by atoms with van der Waals surface area (Å²) in [5.41, 5.74) is 8.14. The lowest BCUT2D eigenvalue weighted by molar-refractivity contribution is 0.461. The van der Waals surface area contributed by atoms with Crippen molar-refractivity contribution in [2.45, 2.75) is 17.6 Å². The molecule has 8 aromatic rings. The summed E-state index contributed by atoms with van der Waals surface area (Å²) in [6.45, 7) is 2.09. The van der Waals surface area contributed by atoms with Gasteiger partial charge in [-0.05, 0) is 88.7 Å². The van der Waals surface area contributed by atoms with Gasteiger partial charge in [0.25, 0.3) is 0 Å². The fourth-order valence-electron chi connectivity index (χ4n) is 6.80. The second kappa shape index (κ2) is 13.3. The monoisotopic (exact) mass is 674 g/mol. The number of aromatic nitrogens is 4. The summed E-state index contributed by atoms with van der Waals surface area (Å²) >= 11 is 1.64. The second-order valence-corrected chi connectivity index (χ2v) is 13.2. The Labute approximate surface area is 293 Å². The van der Waals surface area contributed by atoms with Gasteiger partial charge in [0.1, 0.15) is 22.9 Å². The molecule has 0 unspecified atom stereocenters. The zero-order valence-electron chi connectivity index (χ0n) is 27.2. The minimum atomic E-state index is -0.846. The number of halogens is 2. The van der Waals surface area contributed by atoms with E-state index in [2.05, 4.69) is 107 Å². The smallest absolute Gasteiger partial charge is 0.173 e. The molecule has 0 radical (unpaired) electrons. The van der Waals surface area contributed by atoms with Gasteiger partial charge in [0, 0.05) is 23.0 Å². The molecule has 2 aromatic heterocycles. The standard InChI is InChI=1S/C43H32F2N4S/c1-2-50-42-46-39-27-20-31(28-40(39)49(42)37-25-23-36(45)24-26-37)38-29-48(47-41(38)30-18-21-35(44)22-19-30)43(32-12-6-3-7-13-32,33-14-8-4-9-15-33)34-16-10-5-11-17-34/h3-29H,2H2,1H3. The maximum atomic E-state index is 14.3. The zero-order chi connectivity index (χ0) is 34.1. The normalized spacial score (nSPS) is 11.7. The summed E-state index contributed by atoms with van der Waals surface area (Å²) in [5.74, 6) is 0.227. The van der Waals surface area contributed by atoms with E-state index in [1.165, 1.54) is 24.3 Å². The van der Waals surface area contributed by atoms with Crippen LogP contribution in [0.25, 0.3) is 39.1 Å². The van der Waals surface area contributed by atoms with Crippen LogP contribution in [0.3, 0.4) is 0 Å². The predicted molar refractivity (Wildman–Crippen MR) is 199 cm³/mol. The second-order valence-electron chi connectivity index (χ2n) is 12.0. The van der Waals surface area contributed by atoms with Gasteiger partial charge in [-0.3, -0.25) is 9.25 Å². The van der Waals surface area contributed by atoms with E-state index in [-0.39, 0.29) is 11.6 Å². The van der Waals surface area contributed by atoms with E-state index in [9.17, 15) is 8.78 Å². The van der Waals surface area contributed by atoms with Gasteiger partial charge < -0.3 is 0 Å². The number of hydrogen-bond donors (Lipinski definition) is 0. The van der Waals surface area contributed by atoms with Crippen molar-refractivity contribution in [1.82, 2.24) is 19.3 Å². The van der Waals surface area contributed by atoms with Crippen molar-refractivity contribution in [3.05, 3.63) is 192 Å². The molecule has 4 nitrogen and oxygen atoms in total. The summed E-state index contributed by atoms with van der Waals surface area (Å²) in [7, 11) is 0. The molecule has 50 heavy (non-hydrogen) atoms. The van der Waals surface area contributed by atoms with Crippen molar-refractivity contribution in [1.29, 1.82) is 0 Å². The van der Waals surface area contributed by atoms with E-state index in [1.54, 1.807) is 36.0 Å². The Hall–Kier alpha value is -5.79. The van der Waals surface area contributed by atoms with Crippen LogP contribution in [0.4, 0.5) is 8.78 Å². The molecule has 7 heteroatoms. The van der Waals surface area contributed by atoms with Crippen LogP contribution in [0.5, 0.6) is 0 Å². The summed E-state index contributed by atoms with van der Waals surface area (Å²) in [6.07, 6.45) is 2.10. The first-order chi connectivity index (χ1) is 24.6. The first-order valence-corrected chi connectivity index (χ1v) is 17.5. The molecule has 0 fully saturated rings. The van der Waals surface area contributed by atoms with Crippen LogP contribution in [0.15, 0.2) is 169 Å². The van der Waals surface area contributed by atoms with Gasteiger partial charge in [-0.15, -0.1) is 0 Å². The van der Waals surface area contributed by atoms with Crippen molar-refractivity contribution in [3.8, 4) is 28.1 Å². The third-order valence-electron chi connectivity index (χ3n) is 9.04. The molecule has 8 rings (SSSR count). The van der Waals surface area contributed by atoms with E-state index >= 15 is 0 Å². The van der Waals surface area contributed by atoms with Gasteiger partial charge in [0.2, 0.25) is 0 Å². The molecule has 244 valence electrons. The summed E-state index contributed by atoms with van der Waals surface area (Å²) in [6, 6.07) is 50.4. The molecule has 0 N–H and O–H groups in total. The Morgan fingerprint density at radius 3 is 1.68 bits per heavy atom. The fraction of sp³-hybridized carbons (Fsp3) is 0.0698. The quantitative estimate of drug-likeness (QED) is 0.113. The van der Waals surface area contributed by atoms with Crippen molar-refractivity contribution < 1.29 is 8.78 Å². The van der Waals surface area contributed by atoms with Gasteiger partial charge in [-0.25, -0.2) is 13.8 Å². The molecule has 0 aliphatic rings. The van der Waals surface area contributed by atoms with Gasteiger partial charge in [0.15, 0.2) is 5.16 Å².